The molecule has 0 aromatic heterocycles. The first-order valence-corrected chi connectivity index (χ1v) is 19.2. The van der Waals surface area contributed by atoms with Gasteiger partial charge in [0.05, 0.1) is 19.1 Å². The van der Waals surface area contributed by atoms with Crippen LogP contribution in [0.4, 0.5) is 4.39 Å². The van der Waals surface area contributed by atoms with Gasteiger partial charge in [-0.3, -0.25) is 28.8 Å². The van der Waals surface area contributed by atoms with Crippen LogP contribution >= 0.6 is 0 Å². The zero-order chi connectivity index (χ0) is 39.6. The van der Waals surface area contributed by atoms with Crippen LogP contribution in [0.2, 0.25) is 0 Å². The van der Waals surface area contributed by atoms with Crippen molar-refractivity contribution in [3.8, 4) is 0 Å². The van der Waals surface area contributed by atoms with E-state index in [1.165, 1.54) is 43.4 Å². The van der Waals surface area contributed by atoms with Crippen LogP contribution in [0.5, 0.6) is 0 Å². The first-order valence-electron chi connectivity index (χ1n) is 19.2. The van der Waals surface area contributed by atoms with Crippen LogP contribution < -0.4 is 21.3 Å². The number of hydrogen-bond acceptors (Lipinski definition) is 7. The lowest BCUT2D eigenvalue weighted by Gasteiger charge is -2.41. The van der Waals surface area contributed by atoms with Gasteiger partial charge in [-0.2, -0.15) is 0 Å². The van der Waals surface area contributed by atoms with Gasteiger partial charge in [0.15, 0.2) is 0 Å². The number of carbonyl (C=O) groups excluding carboxylic acids is 6. The summed E-state index contributed by atoms with van der Waals surface area (Å²) in [5.41, 5.74) is -0.751. The Bertz CT molecular complexity index is 1010. The molecule has 12 nitrogen and oxygen atoms in total. The number of hydrogen-bond donors (Lipinski definition) is 5. The number of rotatable bonds is 14. The second-order valence-corrected chi connectivity index (χ2v) is 14.5. The molecule has 2 saturated carbocycles. The molecule has 2 aliphatic carbocycles. The summed E-state index contributed by atoms with van der Waals surface area (Å²) in [6, 6.07) is -1.87. The number of aliphatic hydroxyl groups is 1. The molecule has 5 amide bonds. The van der Waals surface area contributed by atoms with Crippen molar-refractivity contribution >= 4 is 35.8 Å². The van der Waals surface area contributed by atoms with E-state index in [4.69, 9.17) is 0 Å². The van der Waals surface area contributed by atoms with E-state index < -0.39 is 59.9 Å². The summed E-state index contributed by atoms with van der Waals surface area (Å²) < 4.78 is 15.0. The second-order valence-electron chi connectivity index (χ2n) is 14.5. The topological polar surface area (TPSA) is 174 Å². The van der Waals surface area contributed by atoms with Crippen molar-refractivity contribution in [3.05, 3.63) is 0 Å². The molecule has 2 rings (SSSR count). The molecule has 5 atom stereocenters. The third-order valence-electron chi connectivity index (χ3n) is 8.47. The van der Waals surface area contributed by atoms with E-state index in [0.29, 0.717) is 19.4 Å². The van der Waals surface area contributed by atoms with Gasteiger partial charge in [-0.1, -0.05) is 113 Å². The predicted octanol–water partition coefficient (Wildman–Crippen LogP) is 4.75. The second kappa shape index (κ2) is 28.5. The Morgan fingerprint density at radius 1 is 0.843 bits per heavy atom. The summed E-state index contributed by atoms with van der Waals surface area (Å²) in [6.07, 6.45) is 10.7. The van der Waals surface area contributed by atoms with Gasteiger partial charge in [-0.05, 0) is 44.4 Å². The SMILES string of the molecule is C1CCCCC1.CC.CCC[C@@H](C)NC(=O)CN(C(=O)C(NC(=O)CNC(=O)C(O)C(C)C)C(C)(C)C)C1CCCCC1F.CCNC(=O)C=O. The van der Waals surface area contributed by atoms with Gasteiger partial charge in [-0.25, -0.2) is 4.39 Å². The molecular weight excluding hydrogens is 657 g/mol. The molecule has 2 aliphatic rings. The molecule has 0 aromatic carbocycles. The average molecular weight is 730 g/mol. The number of amides is 5. The normalized spacial score (nSPS) is 18.6. The summed E-state index contributed by atoms with van der Waals surface area (Å²) in [4.78, 5) is 72.0. The van der Waals surface area contributed by atoms with Crippen molar-refractivity contribution < 1.29 is 38.3 Å². The third kappa shape index (κ3) is 22.5. The minimum absolute atomic E-state index is 0.0742. The number of alkyl halides is 1. The first-order chi connectivity index (χ1) is 24.0. The van der Waals surface area contributed by atoms with Crippen LogP contribution in [-0.4, -0.2) is 95.9 Å². The summed E-state index contributed by atoms with van der Waals surface area (Å²) in [7, 11) is 0. The predicted molar refractivity (Wildman–Crippen MR) is 200 cm³/mol. The van der Waals surface area contributed by atoms with Crippen LogP contribution in [0, 0.1) is 11.3 Å². The van der Waals surface area contributed by atoms with Crippen molar-refractivity contribution in [2.24, 2.45) is 11.3 Å². The van der Waals surface area contributed by atoms with E-state index in [2.05, 4.69) is 21.3 Å². The molecule has 298 valence electrons. The molecule has 5 N–H and O–H groups in total. The standard InChI is InChI=1S/C26H47FN4O5.C6H12.C4H7NO2.C2H6/c1-8-11-17(4)29-21(33)15-31(19-13-10-9-12-18(19)27)25(36)23(26(5,6)7)30-20(32)14-28-24(35)22(34)16(2)3;1-2-4-6-5-3-1;1-2-5-4(7)3-6;1-2/h16-19,22-23,34H,8-15H2,1-7H3,(H,28,35)(H,29,33)(H,30,32);1-6H2;3H,2H2,1H3,(H,5,7);1-2H3/t17-,18?,19?,22?,23?;;;/m1.../s1. The molecule has 0 saturated heterocycles. The Morgan fingerprint density at radius 3 is 1.78 bits per heavy atom. The molecule has 51 heavy (non-hydrogen) atoms. The van der Waals surface area contributed by atoms with E-state index in [1.807, 2.05) is 27.7 Å². The van der Waals surface area contributed by atoms with E-state index in [-0.39, 0.29) is 30.7 Å². The zero-order valence-corrected chi connectivity index (χ0v) is 33.4. The fraction of sp³-hybridized carbons (Fsp3) is 0.842. The van der Waals surface area contributed by atoms with Gasteiger partial charge in [-0.15, -0.1) is 0 Å². The molecular formula is C38H72FN5O7. The van der Waals surface area contributed by atoms with Crippen LogP contribution in [0.15, 0.2) is 0 Å². The maximum Gasteiger partial charge on any atom is 0.284 e. The average Bonchev–Trinajstić information content (AvgIpc) is 3.10. The lowest BCUT2D eigenvalue weighted by atomic mass is 9.84. The van der Waals surface area contributed by atoms with Crippen molar-refractivity contribution in [3.63, 3.8) is 0 Å². The molecule has 13 heteroatoms. The van der Waals surface area contributed by atoms with E-state index in [0.717, 1.165) is 25.7 Å². The molecule has 0 bridgehead atoms. The minimum Gasteiger partial charge on any atom is -0.383 e. The molecule has 2 fully saturated rings. The molecule has 0 spiro atoms. The summed E-state index contributed by atoms with van der Waals surface area (Å²) in [5, 5.41) is 20.1. The lowest BCUT2D eigenvalue weighted by molar-refractivity contribution is -0.146. The quantitative estimate of drug-likeness (QED) is 0.127. The first kappa shape index (κ1) is 50.0. The Labute approximate surface area is 307 Å². The number of likely N-dealkylation sites (N-methyl/N-ethyl adjacent to an activating group) is 1. The highest BCUT2D eigenvalue weighted by molar-refractivity contribution is 6.23. The Balaban J connectivity index is 0. The van der Waals surface area contributed by atoms with Gasteiger partial charge in [0.1, 0.15) is 18.3 Å². The van der Waals surface area contributed by atoms with Gasteiger partial charge >= 0.3 is 0 Å². The molecule has 4 unspecified atom stereocenters. The number of halogens is 1. The molecule has 0 aliphatic heterocycles. The fourth-order valence-electron chi connectivity index (χ4n) is 5.63. The van der Waals surface area contributed by atoms with Crippen molar-refractivity contribution in [2.45, 2.75) is 177 Å². The highest BCUT2D eigenvalue weighted by Crippen LogP contribution is 2.29. The maximum absolute atomic E-state index is 15.0. The van der Waals surface area contributed by atoms with Crippen LogP contribution in [0.25, 0.3) is 0 Å². The van der Waals surface area contributed by atoms with E-state index >= 15 is 0 Å². The number of nitrogens with one attached hydrogen (secondary N) is 4. The van der Waals surface area contributed by atoms with Crippen LogP contribution in [0.1, 0.15) is 146 Å². The molecule has 0 heterocycles. The third-order valence-corrected chi connectivity index (χ3v) is 8.47. The van der Waals surface area contributed by atoms with Gasteiger partial charge < -0.3 is 31.3 Å². The highest BCUT2D eigenvalue weighted by Gasteiger charge is 2.41. The lowest BCUT2D eigenvalue weighted by Crippen LogP contribution is -2.61. The minimum atomic E-state index is -1.25. The van der Waals surface area contributed by atoms with Crippen molar-refractivity contribution in [1.82, 2.24) is 26.2 Å². The Kier molecular flexibility index (Phi) is 27.9. The van der Waals surface area contributed by atoms with Crippen molar-refractivity contribution in [1.29, 1.82) is 0 Å². The number of aliphatic hydroxyl groups excluding tert-OH is 1. The number of carbonyl (C=O) groups is 6. The van der Waals surface area contributed by atoms with Crippen molar-refractivity contribution in [2.75, 3.05) is 19.6 Å². The maximum atomic E-state index is 15.0. The fourth-order valence-corrected chi connectivity index (χ4v) is 5.63. The van der Waals surface area contributed by atoms with Crippen LogP contribution in [0.3, 0.4) is 0 Å². The summed E-state index contributed by atoms with van der Waals surface area (Å²) >= 11 is 0. The Hall–Kier alpha value is -3.09. The highest BCUT2D eigenvalue weighted by atomic mass is 19.1. The van der Waals surface area contributed by atoms with Gasteiger partial charge in [0.25, 0.3) is 5.91 Å². The summed E-state index contributed by atoms with van der Waals surface area (Å²) in [5.74, 6) is -3.06. The van der Waals surface area contributed by atoms with Crippen LogP contribution in [-0.2, 0) is 28.8 Å². The van der Waals surface area contributed by atoms with Gasteiger partial charge in [0, 0.05) is 12.6 Å². The van der Waals surface area contributed by atoms with E-state index in [1.54, 1.807) is 41.5 Å². The Morgan fingerprint density at radius 2 is 1.37 bits per heavy atom. The van der Waals surface area contributed by atoms with E-state index in [9.17, 15) is 38.3 Å². The largest absolute Gasteiger partial charge is 0.383 e. The smallest absolute Gasteiger partial charge is 0.284 e. The molecule has 0 aromatic rings. The molecule has 0 radical (unpaired) electrons. The number of nitrogens with zero attached hydrogens (tertiary/aromatic N) is 1. The number of aldehydes is 1. The zero-order valence-electron chi connectivity index (χ0n) is 33.4. The van der Waals surface area contributed by atoms with Gasteiger partial charge in [0.2, 0.25) is 29.9 Å². The monoisotopic (exact) mass is 730 g/mol. The summed E-state index contributed by atoms with van der Waals surface area (Å²) in [6.45, 7) is 18.1.